The third kappa shape index (κ3) is 1.78. The molecule has 0 unspecified atom stereocenters. The molecule has 0 aromatic heterocycles. The third-order valence-corrected chi connectivity index (χ3v) is 1.68. The predicted octanol–water partition coefficient (Wildman–Crippen LogP) is 0.943. The Morgan fingerprint density at radius 3 is 2.46 bits per heavy atom. The summed E-state index contributed by atoms with van der Waals surface area (Å²) in [6.45, 7) is -0.466. The Bertz CT molecular complexity index is 347. The van der Waals surface area contributed by atoms with Crippen molar-refractivity contribution < 1.29 is 19.1 Å². The second-order valence-electron chi connectivity index (χ2n) is 2.46. The summed E-state index contributed by atoms with van der Waals surface area (Å²) in [7, 11) is 0. The Labute approximate surface area is 73.8 Å². The van der Waals surface area contributed by atoms with Crippen molar-refractivity contribution in [3.8, 4) is 0 Å². The van der Waals surface area contributed by atoms with Crippen molar-refractivity contribution in [2.24, 2.45) is 0 Å². The molecule has 0 aliphatic rings. The predicted molar refractivity (Wildman–Crippen MR) is 43.1 cm³/mol. The van der Waals surface area contributed by atoms with E-state index in [9.17, 15) is 14.0 Å². The van der Waals surface area contributed by atoms with Crippen LogP contribution in [0.5, 0.6) is 0 Å². The maximum atomic E-state index is 12.7. The summed E-state index contributed by atoms with van der Waals surface area (Å²) in [4.78, 5) is 20.9. The van der Waals surface area contributed by atoms with Crippen LogP contribution in [0.1, 0.15) is 26.3 Å². The van der Waals surface area contributed by atoms with Gasteiger partial charge in [0.2, 0.25) is 0 Å². The maximum absolute atomic E-state index is 12.7. The molecule has 1 N–H and O–H groups in total. The molecule has 0 heterocycles. The topological polar surface area (TPSA) is 54.4 Å². The van der Waals surface area contributed by atoms with Gasteiger partial charge in [-0.3, -0.25) is 9.59 Å². The molecule has 0 atom stereocenters. The molecule has 0 saturated heterocycles. The van der Waals surface area contributed by atoms with E-state index in [1.165, 1.54) is 0 Å². The zero-order valence-electron chi connectivity index (χ0n) is 6.66. The summed E-state index contributed by atoms with van der Waals surface area (Å²) in [6.07, 6.45) is 0.806. The van der Waals surface area contributed by atoms with Crippen molar-refractivity contribution >= 4 is 12.6 Å². The molecule has 0 fully saturated rings. The van der Waals surface area contributed by atoms with Gasteiger partial charge in [0.25, 0.3) is 0 Å². The summed E-state index contributed by atoms with van der Waals surface area (Å²) >= 11 is 0. The highest BCUT2D eigenvalue weighted by Crippen LogP contribution is 2.14. The number of rotatable bonds is 3. The van der Waals surface area contributed by atoms with Crippen LogP contribution < -0.4 is 0 Å². The second-order valence-corrected chi connectivity index (χ2v) is 2.46. The van der Waals surface area contributed by atoms with E-state index in [2.05, 4.69) is 0 Å². The molecular formula is C9H7FO3. The van der Waals surface area contributed by atoms with Gasteiger partial charge in [-0.2, -0.15) is 0 Å². The first-order valence-electron chi connectivity index (χ1n) is 3.56. The standard InChI is InChI=1S/C9H7FO3/c10-8-1-6(3-11)9(5-13)7(2-8)4-12/h1-3,5,12H,4H2. The van der Waals surface area contributed by atoms with Crippen LogP contribution >= 0.6 is 0 Å². The molecule has 0 spiro atoms. The minimum absolute atomic E-state index is 0.0406. The molecule has 1 rings (SSSR count). The first-order valence-corrected chi connectivity index (χ1v) is 3.56. The fourth-order valence-electron chi connectivity index (χ4n) is 1.07. The Morgan fingerprint density at radius 1 is 1.31 bits per heavy atom. The Hall–Kier alpha value is -1.55. The van der Waals surface area contributed by atoms with Gasteiger partial charge in [-0.1, -0.05) is 0 Å². The van der Waals surface area contributed by atoms with Gasteiger partial charge in [0.1, 0.15) is 5.82 Å². The van der Waals surface area contributed by atoms with Crippen molar-refractivity contribution in [1.29, 1.82) is 0 Å². The van der Waals surface area contributed by atoms with Crippen molar-refractivity contribution in [2.75, 3.05) is 0 Å². The van der Waals surface area contributed by atoms with Crippen LogP contribution in [0.2, 0.25) is 0 Å². The minimum atomic E-state index is -0.642. The smallest absolute Gasteiger partial charge is 0.151 e. The summed E-state index contributed by atoms with van der Waals surface area (Å²) in [5, 5.41) is 8.75. The van der Waals surface area contributed by atoms with E-state index in [1.807, 2.05) is 0 Å². The maximum Gasteiger partial charge on any atom is 0.151 e. The molecule has 0 aliphatic heterocycles. The Morgan fingerprint density at radius 2 is 2.00 bits per heavy atom. The molecule has 0 bridgehead atoms. The number of aliphatic hydroxyl groups is 1. The highest BCUT2D eigenvalue weighted by atomic mass is 19.1. The zero-order chi connectivity index (χ0) is 9.84. The molecule has 13 heavy (non-hydrogen) atoms. The first-order chi connectivity index (χ1) is 6.22. The van der Waals surface area contributed by atoms with E-state index in [1.54, 1.807) is 0 Å². The van der Waals surface area contributed by atoms with Crippen LogP contribution in [0.4, 0.5) is 4.39 Å². The van der Waals surface area contributed by atoms with Crippen molar-refractivity contribution in [2.45, 2.75) is 6.61 Å². The normalized spacial score (nSPS) is 9.69. The summed E-state index contributed by atoms with van der Waals surface area (Å²) in [6, 6.07) is 1.98. The minimum Gasteiger partial charge on any atom is -0.392 e. The number of aldehydes is 2. The largest absolute Gasteiger partial charge is 0.392 e. The van der Waals surface area contributed by atoms with Crippen molar-refractivity contribution in [3.63, 3.8) is 0 Å². The van der Waals surface area contributed by atoms with E-state index >= 15 is 0 Å². The van der Waals surface area contributed by atoms with E-state index in [-0.39, 0.29) is 16.7 Å². The van der Waals surface area contributed by atoms with Crippen LogP contribution in [-0.4, -0.2) is 17.7 Å². The van der Waals surface area contributed by atoms with Crippen molar-refractivity contribution in [1.82, 2.24) is 0 Å². The molecule has 0 amide bonds. The average molecular weight is 182 g/mol. The Balaban J connectivity index is 3.41. The van der Waals surface area contributed by atoms with Crippen LogP contribution in [0, 0.1) is 5.82 Å². The lowest BCUT2D eigenvalue weighted by Crippen LogP contribution is -1.99. The molecule has 0 saturated carbocycles. The third-order valence-electron chi connectivity index (χ3n) is 1.68. The summed E-state index contributed by atoms with van der Waals surface area (Å²) in [5.74, 6) is -0.642. The van der Waals surface area contributed by atoms with Gasteiger partial charge in [0.05, 0.1) is 6.61 Å². The van der Waals surface area contributed by atoms with Gasteiger partial charge >= 0.3 is 0 Å². The number of aliphatic hydroxyl groups excluding tert-OH is 1. The van der Waals surface area contributed by atoms with Gasteiger partial charge in [-0.05, 0) is 17.7 Å². The van der Waals surface area contributed by atoms with Crippen LogP contribution in [0.25, 0.3) is 0 Å². The summed E-state index contributed by atoms with van der Waals surface area (Å²) in [5.41, 5.74) is 0.120. The number of carbonyl (C=O) groups excluding carboxylic acids is 2. The number of halogens is 1. The quantitative estimate of drug-likeness (QED) is 0.708. The molecular weight excluding hydrogens is 175 g/mol. The molecule has 4 heteroatoms. The average Bonchev–Trinajstić information content (AvgIpc) is 2.16. The monoisotopic (exact) mass is 182 g/mol. The lowest BCUT2D eigenvalue weighted by molar-refractivity contribution is 0.109. The Kier molecular flexibility index (Phi) is 2.87. The molecule has 0 radical (unpaired) electrons. The number of benzene rings is 1. The first kappa shape index (κ1) is 9.54. The van der Waals surface area contributed by atoms with E-state index < -0.39 is 12.4 Å². The highest BCUT2D eigenvalue weighted by molar-refractivity contribution is 5.91. The van der Waals surface area contributed by atoms with Gasteiger partial charge in [-0.25, -0.2) is 4.39 Å². The molecule has 1 aromatic rings. The van der Waals surface area contributed by atoms with Gasteiger partial charge < -0.3 is 5.11 Å². The number of hydrogen-bond acceptors (Lipinski definition) is 3. The van der Waals surface area contributed by atoms with Gasteiger partial charge in [-0.15, -0.1) is 0 Å². The van der Waals surface area contributed by atoms with Crippen LogP contribution in [0.15, 0.2) is 12.1 Å². The van der Waals surface area contributed by atoms with E-state index in [0.717, 1.165) is 12.1 Å². The van der Waals surface area contributed by atoms with Gasteiger partial charge in [0, 0.05) is 11.1 Å². The zero-order valence-corrected chi connectivity index (χ0v) is 6.66. The van der Waals surface area contributed by atoms with Crippen molar-refractivity contribution in [3.05, 3.63) is 34.6 Å². The number of carbonyl (C=O) groups is 2. The SMILES string of the molecule is O=Cc1cc(F)cc(CO)c1C=O. The molecule has 68 valence electrons. The lowest BCUT2D eigenvalue weighted by atomic mass is 10.0. The van der Waals surface area contributed by atoms with E-state index in [4.69, 9.17) is 5.11 Å². The molecule has 3 nitrogen and oxygen atoms in total. The summed E-state index contributed by atoms with van der Waals surface area (Å²) < 4.78 is 12.7. The fraction of sp³-hybridized carbons (Fsp3) is 0.111. The lowest BCUT2D eigenvalue weighted by Gasteiger charge is -2.03. The molecule has 1 aromatic carbocycles. The van der Waals surface area contributed by atoms with E-state index in [0.29, 0.717) is 12.6 Å². The fourth-order valence-corrected chi connectivity index (χ4v) is 1.07. The second kappa shape index (κ2) is 3.91. The highest BCUT2D eigenvalue weighted by Gasteiger charge is 2.08. The van der Waals surface area contributed by atoms with Gasteiger partial charge in [0.15, 0.2) is 12.6 Å². The van der Waals surface area contributed by atoms with Crippen LogP contribution in [0.3, 0.4) is 0 Å². The number of hydrogen-bond donors (Lipinski definition) is 1. The molecule has 0 aliphatic carbocycles. The van der Waals surface area contributed by atoms with Crippen LogP contribution in [-0.2, 0) is 6.61 Å².